The number of carbonyl (C=O) groups is 1. The van der Waals surface area contributed by atoms with E-state index in [1.54, 1.807) is 17.1 Å². The minimum Gasteiger partial charge on any atom is -0.336 e. The molecule has 1 fully saturated rings. The van der Waals surface area contributed by atoms with E-state index in [-0.39, 0.29) is 11.9 Å². The highest BCUT2D eigenvalue weighted by Crippen LogP contribution is 2.35. The van der Waals surface area contributed by atoms with Crippen molar-refractivity contribution in [3.05, 3.63) is 47.7 Å². The van der Waals surface area contributed by atoms with Crippen LogP contribution in [0.15, 0.2) is 42.1 Å². The summed E-state index contributed by atoms with van der Waals surface area (Å²) >= 11 is 0. The lowest BCUT2D eigenvalue weighted by atomic mass is 9.95. The lowest BCUT2D eigenvalue weighted by Crippen LogP contribution is -2.49. The molecule has 1 atom stereocenters. The molecule has 25 heavy (non-hydrogen) atoms. The number of hydrogen-bond acceptors (Lipinski definition) is 6. The second-order valence-corrected chi connectivity index (χ2v) is 6.47. The molecule has 0 aliphatic carbocycles. The zero-order valence-electron chi connectivity index (χ0n) is 14.4. The number of anilines is 1. The maximum Gasteiger partial charge on any atom is 0.254 e. The minimum absolute atomic E-state index is 0.0565. The number of hydrogen-bond donors (Lipinski definition) is 1. The van der Waals surface area contributed by atoms with Gasteiger partial charge in [-0.2, -0.15) is 10.1 Å². The molecule has 2 aliphatic heterocycles. The van der Waals surface area contributed by atoms with Crippen molar-refractivity contribution in [1.29, 1.82) is 0 Å². The van der Waals surface area contributed by atoms with Crippen molar-refractivity contribution in [3.63, 3.8) is 0 Å². The molecule has 2 aliphatic rings. The Morgan fingerprint density at radius 3 is 2.64 bits per heavy atom. The van der Waals surface area contributed by atoms with Gasteiger partial charge in [0.1, 0.15) is 12.4 Å². The molecule has 0 radical (unpaired) electrons. The van der Waals surface area contributed by atoms with E-state index in [0.29, 0.717) is 11.5 Å². The molecule has 0 bridgehead atoms. The molecule has 0 aromatic carbocycles. The second kappa shape index (κ2) is 6.29. The molecule has 130 valence electrons. The molecule has 0 saturated carbocycles. The molecule has 1 saturated heterocycles. The zero-order chi connectivity index (χ0) is 17.4. The van der Waals surface area contributed by atoms with E-state index < -0.39 is 0 Å². The van der Waals surface area contributed by atoms with Crippen LogP contribution < -0.4 is 5.32 Å². The quantitative estimate of drug-likeness (QED) is 0.869. The predicted octanol–water partition coefficient (Wildman–Crippen LogP) is 0.736. The summed E-state index contributed by atoms with van der Waals surface area (Å²) in [6, 6.07) is 3.55. The van der Waals surface area contributed by atoms with E-state index in [4.69, 9.17) is 0 Å². The Bertz CT molecular complexity index is 805. The molecule has 0 spiro atoms. The van der Waals surface area contributed by atoms with Crippen molar-refractivity contribution in [2.45, 2.75) is 13.0 Å². The van der Waals surface area contributed by atoms with Gasteiger partial charge in [0.2, 0.25) is 5.95 Å². The second-order valence-electron chi connectivity index (χ2n) is 6.47. The fraction of sp³-hybridized carbons (Fsp3) is 0.412. The zero-order valence-corrected chi connectivity index (χ0v) is 14.4. The van der Waals surface area contributed by atoms with Crippen LogP contribution in [-0.2, 0) is 4.79 Å². The fourth-order valence-corrected chi connectivity index (χ4v) is 3.40. The molecule has 4 heterocycles. The maximum atomic E-state index is 13.3. The lowest BCUT2D eigenvalue weighted by Gasteiger charge is -2.36. The summed E-state index contributed by atoms with van der Waals surface area (Å²) in [4.78, 5) is 25.8. The summed E-state index contributed by atoms with van der Waals surface area (Å²) < 4.78 is 1.77. The number of carbonyl (C=O) groups excluding carboxylic acids is 1. The normalized spacial score (nSPS) is 21.0. The smallest absolute Gasteiger partial charge is 0.254 e. The SMILES string of the molecule is CC1=C(C(=O)N2CCN(C)CC2)[C@H](c2ccncc2)n2ncnc2N1. The van der Waals surface area contributed by atoms with Crippen molar-refractivity contribution in [3.8, 4) is 0 Å². The molecule has 4 rings (SSSR count). The largest absolute Gasteiger partial charge is 0.336 e. The van der Waals surface area contributed by atoms with Crippen molar-refractivity contribution in [1.82, 2.24) is 29.5 Å². The van der Waals surface area contributed by atoms with Crippen LogP contribution >= 0.6 is 0 Å². The van der Waals surface area contributed by atoms with Gasteiger partial charge in [-0.3, -0.25) is 9.78 Å². The Balaban J connectivity index is 1.74. The molecule has 2 aromatic rings. The third-order valence-electron chi connectivity index (χ3n) is 4.84. The summed E-state index contributed by atoms with van der Waals surface area (Å²) in [7, 11) is 2.08. The lowest BCUT2D eigenvalue weighted by molar-refractivity contribution is -0.129. The first-order chi connectivity index (χ1) is 12.1. The van der Waals surface area contributed by atoms with Crippen LogP contribution in [0.4, 0.5) is 5.95 Å². The monoisotopic (exact) mass is 339 g/mol. The highest BCUT2D eigenvalue weighted by atomic mass is 16.2. The van der Waals surface area contributed by atoms with Crippen LogP contribution in [0.1, 0.15) is 18.5 Å². The number of aromatic nitrogens is 4. The van der Waals surface area contributed by atoms with Gasteiger partial charge in [-0.25, -0.2) is 4.68 Å². The Morgan fingerprint density at radius 1 is 1.20 bits per heavy atom. The van der Waals surface area contributed by atoms with Crippen molar-refractivity contribution in [2.75, 3.05) is 38.5 Å². The third kappa shape index (κ3) is 2.78. The van der Waals surface area contributed by atoms with Gasteiger partial charge in [0.15, 0.2) is 0 Å². The molecule has 8 heteroatoms. The molecular weight excluding hydrogens is 318 g/mol. The number of likely N-dealkylation sites (N-methyl/N-ethyl adjacent to an activating group) is 1. The number of amides is 1. The number of nitrogens with one attached hydrogen (secondary N) is 1. The van der Waals surface area contributed by atoms with Crippen LogP contribution in [0.5, 0.6) is 0 Å². The predicted molar refractivity (Wildman–Crippen MR) is 92.8 cm³/mol. The van der Waals surface area contributed by atoms with E-state index in [1.165, 1.54) is 6.33 Å². The van der Waals surface area contributed by atoms with Crippen LogP contribution in [0.25, 0.3) is 0 Å². The summed E-state index contributed by atoms with van der Waals surface area (Å²) in [5.74, 6) is 0.704. The van der Waals surface area contributed by atoms with E-state index >= 15 is 0 Å². The number of allylic oxidation sites excluding steroid dienone is 1. The Labute approximate surface area is 146 Å². The summed E-state index contributed by atoms with van der Waals surface area (Å²) in [6.07, 6.45) is 4.98. The van der Waals surface area contributed by atoms with Crippen LogP contribution in [0.3, 0.4) is 0 Å². The highest BCUT2D eigenvalue weighted by Gasteiger charge is 2.35. The van der Waals surface area contributed by atoms with Crippen molar-refractivity contribution < 1.29 is 4.79 Å². The first-order valence-electron chi connectivity index (χ1n) is 8.40. The van der Waals surface area contributed by atoms with Crippen LogP contribution in [0, 0.1) is 0 Å². The molecule has 8 nitrogen and oxygen atoms in total. The van der Waals surface area contributed by atoms with Crippen molar-refractivity contribution >= 4 is 11.9 Å². The number of fused-ring (bicyclic) bond motifs is 1. The average Bonchev–Trinajstić information content (AvgIpc) is 3.09. The van der Waals surface area contributed by atoms with E-state index in [0.717, 1.165) is 37.4 Å². The van der Waals surface area contributed by atoms with E-state index in [2.05, 4.69) is 32.3 Å². The molecule has 1 N–H and O–H groups in total. The average molecular weight is 339 g/mol. The van der Waals surface area contributed by atoms with Gasteiger partial charge in [-0.1, -0.05) is 0 Å². The topological polar surface area (TPSA) is 79.2 Å². The van der Waals surface area contributed by atoms with Gasteiger partial charge in [0.05, 0.1) is 5.57 Å². The fourth-order valence-electron chi connectivity index (χ4n) is 3.40. The minimum atomic E-state index is -0.297. The van der Waals surface area contributed by atoms with Crippen LogP contribution in [0.2, 0.25) is 0 Å². The first kappa shape index (κ1) is 15.8. The number of rotatable bonds is 2. The van der Waals surface area contributed by atoms with Gasteiger partial charge in [-0.15, -0.1) is 0 Å². The first-order valence-corrected chi connectivity index (χ1v) is 8.40. The summed E-state index contributed by atoms with van der Waals surface area (Å²) in [5, 5.41) is 7.56. The number of pyridine rings is 1. The summed E-state index contributed by atoms with van der Waals surface area (Å²) in [6.45, 7) is 5.18. The van der Waals surface area contributed by atoms with E-state index in [9.17, 15) is 4.79 Å². The Kier molecular flexibility index (Phi) is 3.96. The highest BCUT2D eigenvalue weighted by molar-refractivity contribution is 5.96. The molecule has 2 aromatic heterocycles. The Morgan fingerprint density at radius 2 is 1.92 bits per heavy atom. The third-order valence-corrected chi connectivity index (χ3v) is 4.84. The van der Waals surface area contributed by atoms with Gasteiger partial charge < -0.3 is 15.1 Å². The summed E-state index contributed by atoms with van der Waals surface area (Å²) in [5.41, 5.74) is 2.51. The molecule has 0 unspecified atom stereocenters. The Hall–Kier alpha value is -2.74. The molecule has 1 amide bonds. The standard InChI is InChI=1S/C17H21N7O/c1-12-14(16(25)23-9-7-22(2)8-10-23)15(13-3-5-18-6-4-13)24-17(21-12)19-11-20-24/h3-6,11,15H,7-10H2,1-2H3,(H,19,20,21)/t15-/m0/s1. The number of nitrogens with zero attached hydrogens (tertiary/aromatic N) is 6. The maximum absolute atomic E-state index is 13.3. The van der Waals surface area contributed by atoms with Gasteiger partial charge >= 0.3 is 0 Å². The van der Waals surface area contributed by atoms with Gasteiger partial charge in [0.25, 0.3) is 5.91 Å². The van der Waals surface area contributed by atoms with E-state index in [1.807, 2.05) is 24.0 Å². The van der Waals surface area contributed by atoms with Crippen molar-refractivity contribution in [2.24, 2.45) is 0 Å². The van der Waals surface area contributed by atoms with Crippen LogP contribution in [-0.4, -0.2) is 68.7 Å². The molecular formula is C17H21N7O. The number of piperazine rings is 1. The van der Waals surface area contributed by atoms with Gasteiger partial charge in [0, 0.05) is 44.3 Å². The van der Waals surface area contributed by atoms with Gasteiger partial charge in [-0.05, 0) is 31.7 Å².